The zero-order valence-electron chi connectivity index (χ0n) is 11.4. The van der Waals surface area contributed by atoms with Gasteiger partial charge in [-0.2, -0.15) is 0 Å². The molecule has 0 saturated carbocycles. The fraction of sp³-hybridized carbons (Fsp3) is 0.533. The third kappa shape index (κ3) is 4.45. The highest BCUT2D eigenvalue weighted by atomic mass is 79.9. The molecule has 1 aromatic carbocycles. The Morgan fingerprint density at radius 1 is 1.33 bits per heavy atom. The van der Waals surface area contributed by atoms with Gasteiger partial charge in [-0.15, -0.1) is 0 Å². The highest BCUT2D eigenvalue weighted by Crippen LogP contribution is 2.12. The van der Waals surface area contributed by atoms with Crippen LogP contribution in [0, 0.1) is 5.92 Å². The molecule has 3 heteroatoms. The minimum absolute atomic E-state index is 0.0394. The molecular weight excluding hydrogens is 290 g/mol. The zero-order valence-corrected chi connectivity index (χ0v) is 13.0. The number of alkyl halides is 1. The summed E-state index contributed by atoms with van der Waals surface area (Å²) in [6.45, 7) is 6.41. The molecule has 1 rings (SSSR count). The van der Waals surface area contributed by atoms with Crippen molar-refractivity contribution in [1.82, 2.24) is 5.32 Å². The van der Waals surface area contributed by atoms with Crippen molar-refractivity contribution in [3.05, 3.63) is 35.4 Å². The van der Waals surface area contributed by atoms with Crippen molar-refractivity contribution in [2.24, 2.45) is 5.92 Å². The maximum atomic E-state index is 12.2. The molecule has 2 nitrogen and oxygen atoms in total. The number of amides is 1. The summed E-state index contributed by atoms with van der Waals surface area (Å²) in [5, 5.41) is 3.90. The number of carbonyl (C=O) groups is 1. The van der Waals surface area contributed by atoms with Gasteiger partial charge in [-0.05, 0) is 30.4 Å². The number of aryl methyl sites for hydroxylation is 1. The summed E-state index contributed by atoms with van der Waals surface area (Å²) in [5.41, 5.74) is 1.91. The van der Waals surface area contributed by atoms with Crippen molar-refractivity contribution in [1.29, 1.82) is 0 Å². The Morgan fingerprint density at radius 2 is 2.00 bits per heavy atom. The average molecular weight is 312 g/mol. The smallest absolute Gasteiger partial charge is 0.251 e. The summed E-state index contributed by atoms with van der Waals surface area (Å²) in [5.74, 6) is 0.617. The topological polar surface area (TPSA) is 29.1 Å². The Hall–Kier alpha value is -0.830. The summed E-state index contributed by atoms with van der Waals surface area (Å²) in [6.07, 6.45) is 1.87. The van der Waals surface area contributed by atoms with Crippen molar-refractivity contribution in [2.45, 2.75) is 39.7 Å². The molecule has 0 bridgehead atoms. The van der Waals surface area contributed by atoms with Crippen LogP contribution in [0.4, 0.5) is 0 Å². The van der Waals surface area contributed by atoms with Crippen LogP contribution >= 0.6 is 15.9 Å². The van der Waals surface area contributed by atoms with Crippen molar-refractivity contribution in [3.8, 4) is 0 Å². The molecule has 1 atom stereocenters. The van der Waals surface area contributed by atoms with Crippen molar-refractivity contribution in [2.75, 3.05) is 5.33 Å². The zero-order chi connectivity index (χ0) is 13.5. The van der Waals surface area contributed by atoms with E-state index in [9.17, 15) is 4.79 Å². The van der Waals surface area contributed by atoms with Gasteiger partial charge in [-0.25, -0.2) is 0 Å². The molecule has 0 aliphatic carbocycles. The van der Waals surface area contributed by atoms with Gasteiger partial charge in [0.15, 0.2) is 0 Å². The normalized spacial score (nSPS) is 12.5. The lowest BCUT2D eigenvalue weighted by atomic mass is 10.0. The van der Waals surface area contributed by atoms with Crippen LogP contribution in [0.5, 0.6) is 0 Å². The summed E-state index contributed by atoms with van der Waals surface area (Å²) < 4.78 is 0. The van der Waals surface area contributed by atoms with Crippen LogP contribution < -0.4 is 5.32 Å². The predicted octanol–water partition coefficient (Wildman–Crippen LogP) is 3.79. The van der Waals surface area contributed by atoms with Crippen LogP contribution in [0.1, 0.15) is 43.1 Å². The quantitative estimate of drug-likeness (QED) is 0.796. The fourth-order valence-corrected chi connectivity index (χ4v) is 2.47. The molecule has 1 aromatic rings. The van der Waals surface area contributed by atoms with E-state index in [1.54, 1.807) is 0 Å². The Balaban J connectivity index is 2.74. The van der Waals surface area contributed by atoms with E-state index < -0.39 is 0 Å². The van der Waals surface area contributed by atoms with E-state index in [4.69, 9.17) is 0 Å². The molecule has 0 saturated heterocycles. The van der Waals surface area contributed by atoms with Gasteiger partial charge in [0.2, 0.25) is 0 Å². The lowest BCUT2D eigenvalue weighted by Crippen LogP contribution is -2.37. The van der Waals surface area contributed by atoms with Gasteiger partial charge in [0.05, 0.1) is 0 Å². The second-order valence-electron chi connectivity index (χ2n) is 4.96. The molecule has 0 fully saturated rings. The second-order valence-corrected chi connectivity index (χ2v) is 5.61. The molecule has 1 amide bonds. The molecule has 0 aliphatic rings. The molecular formula is C15H22BrNO. The van der Waals surface area contributed by atoms with E-state index in [2.05, 4.69) is 42.0 Å². The molecule has 1 N–H and O–H groups in total. The third-order valence-corrected chi connectivity index (χ3v) is 3.70. The Labute approximate surface area is 118 Å². The van der Waals surface area contributed by atoms with Crippen LogP contribution in [-0.2, 0) is 6.42 Å². The third-order valence-electron chi connectivity index (χ3n) is 2.92. The van der Waals surface area contributed by atoms with Crippen molar-refractivity contribution < 1.29 is 4.79 Å². The standard InChI is InChI=1S/C15H22BrNO/c1-4-12-7-5-6-8-14(12)15(18)17-13(10-16)9-11(2)3/h5-8,11,13H,4,9-10H2,1-3H3,(H,17,18). The maximum absolute atomic E-state index is 12.2. The van der Waals surface area contributed by atoms with E-state index in [1.165, 1.54) is 0 Å². The molecule has 1 unspecified atom stereocenters. The number of nitrogens with one attached hydrogen (secondary N) is 1. The van der Waals surface area contributed by atoms with Gasteiger partial charge in [0, 0.05) is 16.9 Å². The lowest BCUT2D eigenvalue weighted by molar-refractivity contribution is 0.0936. The number of carbonyl (C=O) groups excluding carboxylic acids is 1. The number of hydrogen-bond acceptors (Lipinski definition) is 1. The van der Waals surface area contributed by atoms with E-state index in [-0.39, 0.29) is 11.9 Å². The van der Waals surface area contributed by atoms with E-state index >= 15 is 0 Å². The minimum atomic E-state index is 0.0394. The molecule has 100 valence electrons. The van der Waals surface area contributed by atoms with Gasteiger partial charge in [-0.1, -0.05) is 54.9 Å². The molecule has 0 aliphatic heterocycles. The number of benzene rings is 1. The Kier molecular flexibility index (Phi) is 6.41. The molecule has 18 heavy (non-hydrogen) atoms. The van der Waals surface area contributed by atoms with Gasteiger partial charge in [0.1, 0.15) is 0 Å². The fourth-order valence-electron chi connectivity index (χ4n) is 2.04. The van der Waals surface area contributed by atoms with E-state index in [0.29, 0.717) is 5.92 Å². The molecule has 0 radical (unpaired) electrons. The van der Waals surface area contributed by atoms with Crippen LogP contribution in [0.25, 0.3) is 0 Å². The Morgan fingerprint density at radius 3 is 2.56 bits per heavy atom. The van der Waals surface area contributed by atoms with Crippen LogP contribution in [-0.4, -0.2) is 17.3 Å². The van der Waals surface area contributed by atoms with Crippen molar-refractivity contribution >= 4 is 21.8 Å². The molecule has 0 aromatic heterocycles. The minimum Gasteiger partial charge on any atom is -0.348 e. The first-order valence-corrected chi connectivity index (χ1v) is 7.65. The number of hydrogen-bond donors (Lipinski definition) is 1. The first-order chi connectivity index (χ1) is 8.58. The summed E-state index contributed by atoms with van der Waals surface area (Å²) in [6, 6.07) is 8.00. The first kappa shape index (κ1) is 15.2. The van der Waals surface area contributed by atoms with E-state index in [0.717, 1.165) is 29.3 Å². The van der Waals surface area contributed by atoms with E-state index in [1.807, 2.05) is 24.3 Å². The largest absolute Gasteiger partial charge is 0.348 e. The van der Waals surface area contributed by atoms with Gasteiger partial charge >= 0.3 is 0 Å². The highest BCUT2D eigenvalue weighted by molar-refractivity contribution is 9.09. The Bertz CT molecular complexity index is 390. The van der Waals surface area contributed by atoms with Crippen LogP contribution in [0.2, 0.25) is 0 Å². The summed E-state index contributed by atoms with van der Waals surface area (Å²) in [4.78, 5) is 12.2. The first-order valence-electron chi connectivity index (χ1n) is 6.53. The predicted molar refractivity (Wildman–Crippen MR) is 80.3 cm³/mol. The van der Waals surface area contributed by atoms with Crippen LogP contribution in [0.3, 0.4) is 0 Å². The highest BCUT2D eigenvalue weighted by Gasteiger charge is 2.15. The van der Waals surface area contributed by atoms with Gasteiger partial charge in [0.25, 0.3) is 5.91 Å². The van der Waals surface area contributed by atoms with Crippen LogP contribution in [0.15, 0.2) is 24.3 Å². The lowest BCUT2D eigenvalue weighted by Gasteiger charge is -2.19. The monoisotopic (exact) mass is 311 g/mol. The van der Waals surface area contributed by atoms with Gasteiger partial charge < -0.3 is 5.32 Å². The SMILES string of the molecule is CCc1ccccc1C(=O)NC(CBr)CC(C)C. The number of rotatable bonds is 6. The maximum Gasteiger partial charge on any atom is 0.251 e. The molecule has 0 heterocycles. The van der Waals surface area contributed by atoms with Gasteiger partial charge in [-0.3, -0.25) is 4.79 Å². The molecule has 0 spiro atoms. The van der Waals surface area contributed by atoms with Crippen molar-refractivity contribution in [3.63, 3.8) is 0 Å². The summed E-state index contributed by atoms with van der Waals surface area (Å²) in [7, 11) is 0. The summed E-state index contributed by atoms with van der Waals surface area (Å²) >= 11 is 3.47. The average Bonchev–Trinajstić information content (AvgIpc) is 2.37. The number of halogens is 1. The second kappa shape index (κ2) is 7.57.